The molecule has 7 heteroatoms. The van der Waals surface area contributed by atoms with Crippen molar-refractivity contribution in [1.82, 2.24) is 5.32 Å². The van der Waals surface area contributed by atoms with Crippen LogP contribution in [0.15, 0.2) is 18.2 Å². The Kier molecular flexibility index (Phi) is 5.35. The average Bonchev–Trinajstić information content (AvgIpc) is 2.26. The van der Waals surface area contributed by atoms with Gasteiger partial charge >= 0.3 is 12.0 Å². The summed E-state index contributed by atoms with van der Waals surface area (Å²) in [6.07, 6.45) is 0. The van der Waals surface area contributed by atoms with E-state index in [2.05, 4.69) is 10.6 Å². The first kappa shape index (κ1) is 16.3. The molecule has 110 valence electrons. The Morgan fingerprint density at radius 2 is 2.05 bits per heavy atom. The molecule has 0 aliphatic rings. The van der Waals surface area contributed by atoms with E-state index < -0.39 is 17.5 Å². The SMILES string of the molecule is COCC(C)(C)NC(=O)Nc1cccc(Cl)c1C(=O)O. The van der Waals surface area contributed by atoms with E-state index in [1.54, 1.807) is 19.9 Å². The summed E-state index contributed by atoms with van der Waals surface area (Å²) in [5.74, 6) is -1.21. The van der Waals surface area contributed by atoms with E-state index in [4.69, 9.17) is 21.4 Å². The van der Waals surface area contributed by atoms with E-state index in [9.17, 15) is 9.59 Å². The van der Waals surface area contributed by atoms with Gasteiger partial charge in [0.2, 0.25) is 0 Å². The van der Waals surface area contributed by atoms with E-state index in [1.807, 2.05) is 0 Å². The number of benzene rings is 1. The number of amides is 2. The van der Waals surface area contributed by atoms with Crippen LogP contribution < -0.4 is 10.6 Å². The lowest BCUT2D eigenvalue weighted by Crippen LogP contribution is -2.48. The molecule has 0 saturated carbocycles. The van der Waals surface area contributed by atoms with Crippen LogP contribution in [0.25, 0.3) is 0 Å². The lowest BCUT2D eigenvalue weighted by Gasteiger charge is -2.25. The zero-order valence-electron chi connectivity index (χ0n) is 11.5. The number of halogens is 1. The third kappa shape index (κ3) is 4.40. The van der Waals surface area contributed by atoms with Gasteiger partial charge in [0.1, 0.15) is 5.56 Å². The van der Waals surface area contributed by atoms with Crippen LogP contribution in [0.2, 0.25) is 5.02 Å². The topological polar surface area (TPSA) is 87.7 Å². The molecule has 0 spiro atoms. The summed E-state index contributed by atoms with van der Waals surface area (Å²) in [5.41, 5.74) is -0.592. The van der Waals surface area contributed by atoms with Gasteiger partial charge in [-0.3, -0.25) is 0 Å². The minimum absolute atomic E-state index is 0.0615. The van der Waals surface area contributed by atoms with Crippen molar-refractivity contribution in [3.8, 4) is 0 Å². The first-order chi connectivity index (χ1) is 9.26. The van der Waals surface area contributed by atoms with Crippen LogP contribution in [0, 0.1) is 0 Å². The number of carbonyl (C=O) groups is 2. The smallest absolute Gasteiger partial charge is 0.339 e. The number of ether oxygens (including phenoxy) is 1. The third-order valence-electron chi connectivity index (χ3n) is 2.43. The molecule has 2 amide bonds. The quantitative estimate of drug-likeness (QED) is 0.780. The number of rotatable bonds is 5. The predicted molar refractivity (Wildman–Crippen MR) is 76.5 cm³/mol. The Balaban J connectivity index is 2.87. The molecule has 3 N–H and O–H groups in total. The number of anilines is 1. The van der Waals surface area contributed by atoms with Crippen LogP contribution in [0.3, 0.4) is 0 Å². The van der Waals surface area contributed by atoms with Gasteiger partial charge in [0, 0.05) is 7.11 Å². The largest absolute Gasteiger partial charge is 0.478 e. The molecule has 6 nitrogen and oxygen atoms in total. The van der Waals surface area contributed by atoms with Gasteiger partial charge in [0.05, 0.1) is 22.9 Å². The van der Waals surface area contributed by atoms with Crippen molar-refractivity contribution in [3.05, 3.63) is 28.8 Å². The maximum atomic E-state index is 11.9. The molecule has 0 heterocycles. The van der Waals surface area contributed by atoms with Crippen molar-refractivity contribution < 1.29 is 19.4 Å². The normalized spacial score (nSPS) is 11.0. The van der Waals surface area contributed by atoms with E-state index >= 15 is 0 Å². The van der Waals surface area contributed by atoms with Crippen molar-refractivity contribution >= 4 is 29.3 Å². The molecule has 0 bridgehead atoms. The van der Waals surface area contributed by atoms with E-state index in [0.29, 0.717) is 6.61 Å². The average molecular weight is 301 g/mol. The number of carboxylic acids is 1. The summed E-state index contributed by atoms with van der Waals surface area (Å²) in [6, 6.07) is 3.95. The summed E-state index contributed by atoms with van der Waals surface area (Å²) in [4.78, 5) is 23.0. The van der Waals surface area contributed by atoms with E-state index in [0.717, 1.165) is 0 Å². The van der Waals surface area contributed by atoms with Crippen molar-refractivity contribution in [2.75, 3.05) is 19.0 Å². The summed E-state index contributed by atoms with van der Waals surface area (Å²) < 4.78 is 4.98. The highest BCUT2D eigenvalue weighted by molar-refractivity contribution is 6.34. The molecule has 20 heavy (non-hydrogen) atoms. The molecule has 0 saturated heterocycles. The molecule has 0 aromatic heterocycles. The zero-order chi connectivity index (χ0) is 15.3. The first-order valence-electron chi connectivity index (χ1n) is 5.87. The molecule has 0 fully saturated rings. The lowest BCUT2D eigenvalue weighted by atomic mass is 10.1. The fourth-order valence-electron chi connectivity index (χ4n) is 1.70. The Hall–Kier alpha value is -1.79. The van der Waals surface area contributed by atoms with Gasteiger partial charge in [0.25, 0.3) is 0 Å². The van der Waals surface area contributed by atoms with Gasteiger partial charge in [-0.25, -0.2) is 9.59 Å². The minimum Gasteiger partial charge on any atom is -0.478 e. The number of carbonyl (C=O) groups excluding carboxylic acids is 1. The van der Waals surface area contributed by atoms with Gasteiger partial charge in [-0.1, -0.05) is 17.7 Å². The van der Waals surface area contributed by atoms with E-state index in [-0.39, 0.29) is 16.3 Å². The van der Waals surface area contributed by atoms with Crippen LogP contribution in [-0.2, 0) is 4.74 Å². The molecule has 1 rings (SSSR count). The summed E-state index contributed by atoms with van der Waals surface area (Å²) >= 11 is 5.82. The fourth-order valence-corrected chi connectivity index (χ4v) is 1.96. The summed E-state index contributed by atoms with van der Waals surface area (Å²) in [7, 11) is 1.53. The second kappa shape index (κ2) is 6.58. The second-order valence-corrected chi connectivity index (χ2v) is 5.27. The lowest BCUT2D eigenvalue weighted by molar-refractivity contribution is 0.0698. The molecule has 0 aliphatic heterocycles. The number of methoxy groups -OCH3 is 1. The maximum absolute atomic E-state index is 11.9. The number of hydrogen-bond donors (Lipinski definition) is 3. The minimum atomic E-state index is -1.21. The van der Waals surface area contributed by atoms with Crippen LogP contribution in [0.5, 0.6) is 0 Å². The monoisotopic (exact) mass is 300 g/mol. The Morgan fingerprint density at radius 3 is 2.60 bits per heavy atom. The maximum Gasteiger partial charge on any atom is 0.339 e. The highest BCUT2D eigenvalue weighted by atomic mass is 35.5. The second-order valence-electron chi connectivity index (χ2n) is 4.86. The molecule has 1 aromatic rings. The number of hydrogen-bond acceptors (Lipinski definition) is 3. The number of urea groups is 1. The molecular weight excluding hydrogens is 284 g/mol. The Morgan fingerprint density at radius 1 is 1.40 bits per heavy atom. The molecule has 0 unspecified atom stereocenters. The van der Waals surface area contributed by atoms with Crippen molar-refractivity contribution in [2.45, 2.75) is 19.4 Å². The van der Waals surface area contributed by atoms with Gasteiger partial charge < -0.3 is 20.5 Å². The molecule has 1 aromatic carbocycles. The van der Waals surface area contributed by atoms with Crippen LogP contribution in [0.4, 0.5) is 10.5 Å². The highest BCUT2D eigenvalue weighted by Crippen LogP contribution is 2.24. The number of aromatic carboxylic acids is 1. The summed E-state index contributed by atoms with van der Waals surface area (Å²) in [6.45, 7) is 3.89. The first-order valence-corrected chi connectivity index (χ1v) is 6.24. The van der Waals surface area contributed by atoms with Gasteiger partial charge in [-0.2, -0.15) is 0 Å². The Bertz CT molecular complexity index is 517. The molecule has 0 radical (unpaired) electrons. The zero-order valence-corrected chi connectivity index (χ0v) is 12.2. The number of nitrogens with one attached hydrogen (secondary N) is 2. The highest BCUT2D eigenvalue weighted by Gasteiger charge is 2.22. The predicted octanol–water partition coefficient (Wildman–Crippen LogP) is 2.58. The fraction of sp³-hybridized carbons (Fsp3) is 0.385. The van der Waals surface area contributed by atoms with E-state index in [1.165, 1.54) is 19.2 Å². The van der Waals surface area contributed by atoms with Crippen molar-refractivity contribution in [3.63, 3.8) is 0 Å². The van der Waals surface area contributed by atoms with Crippen molar-refractivity contribution in [1.29, 1.82) is 0 Å². The van der Waals surface area contributed by atoms with Gasteiger partial charge in [-0.05, 0) is 26.0 Å². The van der Waals surface area contributed by atoms with Crippen LogP contribution in [-0.4, -0.2) is 36.4 Å². The summed E-state index contributed by atoms with van der Waals surface area (Å²) in [5, 5.41) is 14.3. The van der Waals surface area contributed by atoms with Crippen LogP contribution in [0.1, 0.15) is 24.2 Å². The molecule has 0 aliphatic carbocycles. The molecular formula is C13H17ClN2O4. The van der Waals surface area contributed by atoms with Crippen molar-refractivity contribution in [2.24, 2.45) is 0 Å². The Labute approximate surface area is 122 Å². The third-order valence-corrected chi connectivity index (χ3v) is 2.75. The molecule has 0 atom stereocenters. The van der Waals surface area contributed by atoms with Gasteiger partial charge in [-0.15, -0.1) is 0 Å². The van der Waals surface area contributed by atoms with Gasteiger partial charge in [0.15, 0.2) is 0 Å². The number of carboxylic acid groups (broad SMARTS) is 1. The van der Waals surface area contributed by atoms with Crippen LogP contribution >= 0.6 is 11.6 Å². The standard InChI is InChI=1S/C13H17ClN2O4/c1-13(2,7-20-3)16-12(19)15-9-6-4-5-8(14)10(9)11(17)18/h4-6H,7H2,1-3H3,(H,17,18)(H2,15,16,19).